The van der Waals surface area contributed by atoms with E-state index < -0.39 is 0 Å². The smallest absolute Gasteiger partial charge is 0.0443 e. The molecule has 3 nitrogen and oxygen atoms in total. The molecule has 2 aliphatic rings. The first-order chi connectivity index (χ1) is 5.90. The van der Waals surface area contributed by atoms with Crippen LogP contribution in [0.5, 0.6) is 0 Å². The number of aliphatic hydroxyl groups is 1. The molecule has 70 valence electrons. The van der Waals surface area contributed by atoms with Crippen molar-refractivity contribution in [2.24, 2.45) is 0 Å². The van der Waals surface area contributed by atoms with Crippen molar-refractivity contribution in [1.29, 1.82) is 0 Å². The van der Waals surface area contributed by atoms with Crippen molar-refractivity contribution in [2.45, 2.75) is 31.3 Å². The van der Waals surface area contributed by atoms with Crippen LogP contribution in [0.15, 0.2) is 0 Å². The van der Waals surface area contributed by atoms with Crippen molar-refractivity contribution in [3.63, 3.8) is 0 Å². The zero-order valence-corrected chi connectivity index (χ0v) is 7.50. The summed E-state index contributed by atoms with van der Waals surface area (Å²) >= 11 is 0. The molecular formula is C9H18N2O. The first-order valence-corrected chi connectivity index (χ1v) is 4.98. The van der Waals surface area contributed by atoms with E-state index in [1.54, 1.807) is 0 Å². The third kappa shape index (κ3) is 1.97. The van der Waals surface area contributed by atoms with Gasteiger partial charge in [-0.3, -0.25) is 4.90 Å². The molecular weight excluding hydrogens is 152 g/mol. The Hall–Kier alpha value is -0.120. The molecule has 0 spiro atoms. The van der Waals surface area contributed by atoms with Gasteiger partial charge in [0, 0.05) is 31.8 Å². The zero-order chi connectivity index (χ0) is 8.39. The molecule has 0 unspecified atom stereocenters. The highest BCUT2D eigenvalue weighted by Crippen LogP contribution is 2.30. The molecule has 0 aromatic heterocycles. The first-order valence-electron chi connectivity index (χ1n) is 4.98. The molecule has 12 heavy (non-hydrogen) atoms. The summed E-state index contributed by atoms with van der Waals surface area (Å²) in [5.41, 5.74) is 0. The monoisotopic (exact) mass is 170 g/mol. The minimum Gasteiger partial charge on any atom is -0.396 e. The van der Waals surface area contributed by atoms with E-state index in [0.29, 0.717) is 12.6 Å². The van der Waals surface area contributed by atoms with Gasteiger partial charge in [-0.15, -0.1) is 0 Å². The molecule has 1 saturated carbocycles. The van der Waals surface area contributed by atoms with Gasteiger partial charge in [-0.25, -0.2) is 0 Å². The van der Waals surface area contributed by atoms with Crippen molar-refractivity contribution in [1.82, 2.24) is 10.2 Å². The molecule has 1 saturated heterocycles. The van der Waals surface area contributed by atoms with Crippen LogP contribution in [0, 0.1) is 0 Å². The maximum Gasteiger partial charge on any atom is 0.0443 e. The summed E-state index contributed by atoms with van der Waals surface area (Å²) in [7, 11) is 0. The van der Waals surface area contributed by atoms with Crippen molar-refractivity contribution in [3.05, 3.63) is 0 Å². The van der Waals surface area contributed by atoms with Crippen LogP contribution in [0.25, 0.3) is 0 Å². The second-order valence-corrected chi connectivity index (χ2v) is 3.91. The molecule has 0 radical (unpaired) electrons. The molecule has 0 bridgehead atoms. The fourth-order valence-electron chi connectivity index (χ4n) is 1.76. The van der Waals surface area contributed by atoms with E-state index in [4.69, 9.17) is 5.11 Å². The van der Waals surface area contributed by atoms with E-state index in [-0.39, 0.29) is 0 Å². The van der Waals surface area contributed by atoms with E-state index in [1.165, 1.54) is 25.9 Å². The lowest BCUT2D eigenvalue weighted by Crippen LogP contribution is -2.58. The summed E-state index contributed by atoms with van der Waals surface area (Å²) in [4.78, 5) is 2.55. The average Bonchev–Trinajstić information content (AvgIpc) is 2.76. The van der Waals surface area contributed by atoms with Crippen LogP contribution in [-0.4, -0.2) is 48.3 Å². The summed E-state index contributed by atoms with van der Waals surface area (Å²) in [5.74, 6) is 0. The standard InChI is InChI=1S/C9H18N2O/c12-5-1-4-10-8-6-11(7-8)9-2-3-9/h8-10,12H,1-7H2. The fraction of sp³-hybridized carbons (Fsp3) is 1.00. The van der Waals surface area contributed by atoms with Gasteiger partial charge in [0.05, 0.1) is 0 Å². The van der Waals surface area contributed by atoms with Gasteiger partial charge in [0.1, 0.15) is 0 Å². The summed E-state index contributed by atoms with van der Waals surface area (Å²) < 4.78 is 0. The van der Waals surface area contributed by atoms with E-state index in [9.17, 15) is 0 Å². The second-order valence-electron chi connectivity index (χ2n) is 3.91. The van der Waals surface area contributed by atoms with Crippen LogP contribution >= 0.6 is 0 Å². The Balaban J connectivity index is 1.50. The molecule has 1 heterocycles. The van der Waals surface area contributed by atoms with Gasteiger partial charge in [-0.05, 0) is 25.8 Å². The third-order valence-corrected chi connectivity index (χ3v) is 2.74. The Morgan fingerprint density at radius 3 is 2.67 bits per heavy atom. The largest absolute Gasteiger partial charge is 0.396 e. The number of hydrogen-bond acceptors (Lipinski definition) is 3. The average molecular weight is 170 g/mol. The van der Waals surface area contributed by atoms with E-state index >= 15 is 0 Å². The maximum atomic E-state index is 8.57. The highest BCUT2D eigenvalue weighted by Gasteiger charge is 2.37. The minimum atomic E-state index is 0.312. The molecule has 1 aliphatic carbocycles. The van der Waals surface area contributed by atoms with Gasteiger partial charge in [0.15, 0.2) is 0 Å². The second kappa shape index (κ2) is 3.73. The summed E-state index contributed by atoms with van der Waals surface area (Å²) in [6, 6.07) is 1.64. The Labute approximate surface area is 73.8 Å². The lowest BCUT2D eigenvalue weighted by Gasteiger charge is -2.40. The zero-order valence-electron chi connectivity index (χ0n) is 7.50. The quantitative estimate of drug-likeness (QED) is 0.561. The molecule has 0 atom stereocenters. The summed E-state index contributed by atoms with van der Waals surface area (Å²) in [6.45, 7) is 3.75. The number of hydrogen-bond donors (Lipinski definition) is 2. The lowest BCUT2D eigenvalue weighted by molar-refractivity contribution is 0.116. The summed E-state index contributed by atoms with van der Waals surface area (Å²) in [5, 5.41) is 12.0. The van der Waals surface area contributed by atoms with Crippen molar-refractivity contribution >= 4 is 0 Å². The number of aliphatic hydroxyl groups excluding tert-OH is 1. The molecule has 2 rings (SSSR count). The Morgan fingerprint density at radius 2 is 2.08 bits per heavy atom. The topological polar surface area (TPSA) is 35.5 Å². The van der Waals surface area contributed by atoms with Crippen LogP contribution in [0.3, 0.4) is 0 Å². The van der Waals surface area contributed by atoms with Gasteiger partial charge in [-0.1, -0.05) is 0 Å². The molecule has 0 amide bonds. The fourth-order valence-corrected chi connectivity index (χ4v) is 1.76. The molecule has 1 aliphatic heterocycles. The van der Waals surface area contributed by atoms with Crippen molar-refractivity contribution in [3.8, 4) is 0 Å². The van der Waals surface area contributed by atoms with Gasteiger partial charge in [0.25, 0.3) is 0 Å². The van der Waals surface area contributed by atoms with Crippen molar-refractivity contribution < 1.29 is 5.11 Å². The first kappa shape index (κ1) is 8.48. The Bertz CT molecular complexity index is 141. The van der Waals surface area contributed by atoms with E-state index in [0.717, 1.165) is 19.0 Å². The molecule has 2 N–H and O–H groups in total. The SMILES string of the molecule is OCCCNC1CN(C2CC2)C1. The van der Waals surface area contributed by atoms with Crippen LogP contribution < -0.4 is 5.32 Å². The Morgan fingerprint density at radius 1 is 1.33 bits per heavy atom. The molecule has 0 aromatic rings. The van der Waals surface area contributed by atoms with Gasteiger partial charge in [0.2, 0.25) is 0 Å². The van der Waals surface area contributed by atoms with Crippen LogP contribution in [-0.2, 0) is 0 Å². The molecule has 2 fully saturated rings. The molecule has 3 heteroatoms. The Kier molecular flexibility index (Phi) is 2.63. The predicted molar refractivity (Wildman–Crippen MR) is 48.1 cm³/mol. The maximum absolute atomic E-state index is 8.57. The summed E-state index contributed by atoms with van der Waals surface area (Å²) in [6.07, 6.45) is 3.73. The number of nitrogens with zero attached hydrogens (tertiary/aromatic N) is 1. The van der Waals surface area contributed by atoms with Crippen molar-refractivity contribution in [2.75, 3.05) is 26.2 Å². The highest BCUT2D eigenvalue weighted by atomic mass is 16.3. The van der Waals surface area contributed by atoms with E-state index in [2.05, 4.69) is 10.2 Å². The third-order valence-electron chi connectivity index (χ3n) is 2.74. The van der Waals surface area contributed by atoms with Crippen LogP contribution in [0.2, 0.25) is 0 Å². The number of rotatable bonds is 5. The number of likely N-dealkylation sites (tertiary alicyclic amines) is 1. The predicted octanol–water partition coefficient (Wildman–Crippen LogP) is -0.195. The lowest BCUT2D eigenvalue weighted by atomic mass is 10.1. The minimum absolute atomic E-state index is 0.312. The van der Waals surface area contributed by atoms with Gasteiger partial charge >= 0.3 is 0 Å². The normalized spacial score (nSPS) is 25.8. The van der Waals surface area contributed by atoms with Crippen LogP contribution in [0.4, 0.5) is 0 Å². The van der Waals surface area contributed by atoms with E-state index in [1.807, 2.05) is 0 Å². The van der Waals surface area contributed by atoms with Gasteiger partial charge in [-0.2, -0.15) is 0 Å². The number of nitrogens with one attached hydrogen (secondary N) is 1. The highest BCUT2D eigenvalue weighted by molar-refractivity contribution is 4.95. The van der Waals surface area contributed by atoms with Crippen LogP contribution in [0.1, 0.15) is 19.3 Å². The van der Waals surface area contributed by atoms with Gasteiger partial charge < -0.3 is 10.4 Å². The molecule has 0 aromatic carbocycles.